The van der Waals surface area contributed by atoms with Gasteiger partial charge in [-0.25, -0.2) is 5.84 Å². The summed E-state index contributed by atoms with van der Waals surface area (Å²) in [7, 11) is 0. The predicted molar refractivity (Wildman–Crippen MR) is 79.8 cm³/mol. The van der Waals surface area contributed by atoms with E-state index in [-0.39, 0.29) is 18.4 Å². The molecular formula is C15H25N3O2. The van der Waals surface area contributed by atoms with Gasteiger partial charge in [0.2, 0.25) is 5.91 Å². The fraction of sp³-hybridized carbons (Fsp3) is 0.533. The molecule has 0 bridgehead atoms. The first kappa shape index (κ1) is 16.6. The molecule has 5 nitrogen and oxygen atoms in total. The summed E-state index contributed by atoms with van der Waals surface area (Å²) in [6.45, 7) is 6.86. The van der Waals surface area contributed by atoms with Crippen LogP contribution < -0.4 is 11.3 Å². The number of carbonyl (C=O) groups is 1. The van der Waals surface area contributed by atoms with Crippen LogP contribution in [-0.4, -0.2) is 35.6 Å². The Morgan fingerprint density at radius 1 is 1.40 bits per heavy atom. The summed E-state index contributed by atoms with van der Waals surface area (Å²) in [5.74, 6) is 4.71. The minimum Gasteiger partial charge on any atom is -0.396 e. The van der Waals surface area contributed by atoms with Crippen LogP contribution >= 0.6 is 0 Å². The van der Waals surface area contributed by atoms with Crippen LogP contribution in [-0.2, 0) is 11.3 Å². The van der Waals surface area contributed by atoms with E-state index in [2.05, 4.69) is 17.2 Å². The van der Waals surface area contributed by atoms with Gasteiger partial charge in [-0.15, -0.1) is 0 Å². The van der Waals surface area contributed by atoms with Crippen LogP contribution in [0.4, 0.5) is 0 Å². The standard InChI is InChI=1S/C15H25N3O2/c1-3-18(9-4-10-19)11-13-5-7-14(8-6-13)12(2)15(20)17-16/h5-8,12,19H,3-4,9-11,16H2,1-2H3,(H,17,20). The summed E-state index contributed by atoms with van der Waals surface area (Å²) in [5.41, 5.74) is 4.33. The summed E-state index contributed by atoms with van der Waals surface area (Å²) in [5, 5.41) is 8.87. The molecule has 5 heteroatoms. The Hall–Kier alpha value is -1.43. The third-order valence-electron chi connectivity index (χ3n) is 3.50. The Bertz CT molecular complexity index is 406. The number of aliphatic hydroxyl groups is 1. The zero-order chi connectivity index (χ0) is 15.0. The molecular weight excluding hydrogens is 254 g/mol. The van der Waals surface area contributed by atoms with Crippen molar-refractivity contribution < 1.29 is 9.90 Å². The highest BCUT2D eigenvalue weighted by Crippen LogP contribution is 2.16. The van der Waals surface area contributed by atoms with Crippen molar-refractivity contribution in [2.75, 3.05) is 19.7 Å². The average molecular weight is 279 g/mol. The van der Waals surface area contributed by atoms with Gasteiger partial charge >= 0.3 is 0 Å². The number of nitrogens with one attached hydrogen (secondary N) is 1. The van der Waals surface area contributed by atoms with Crippen molar-refractivity contribution >= 4 is 5.91 Å². The molecule has 0 heterocycles. The second-order valence-electron chi connectivity index (χ2n) is 4.92. The van der Waals surface area contributed by atoms with E-state index in [0.717, 1.165) is 31.6 Å². The molecule has 1 aromatic carbocycles. The van der Waals surface area contributed by atoms with Crippen LogP contribution in [0.1, 0.15) is 37.3 Å². The molecule has 1 rings (SSSR count). The van der Waals surface area contributed by atoms with Crippen molar-refractivity contribution in [3.8, 4) is 0 Å². The third-order valence-corrected chi connectivity index (χ3v) is 3.50. The summed E-state index contributed by atoms with van der Waals surface area (Å²) in [6, 6.07) is 8.01. The minimum absolute atomic E-state index is 0.184. The van der Waals surface area contributed by atoms with Crippen LogP contribution in [0.15, 0.2) is 24.3 Å². The minimum atomic E-state index is -0.245. The molecule has 1 amide bonds. The molecule has 0 aliphatic heterocycles. The van der Waals surface area contributed by atoms with E-state index in [1.54, 1.807) is 0 Å². The SMILES string of the molecule is CCN(CCCO)Cc1ccc(C(C)C(=O)NN)cc1. The van der Waals surface area contributed by atoms with Crippen molar-refractivity contribution in [2.45, 2.75) is 32.7 Å². The molecule has 0 aromatic heterocycles. The van der Waals surface area contributed by atoms with Crippen molar-refractivity contribution in [2.24, 2.45) is 5.84 Å². The lowest BCUT2D eigenvalue weighted by Crippen LogP contribution is -2.33. The number of hydrazine groups is 1. The van der Waals surface area contributed by atoms with Gasteiger partial charge in [-0.1, -0.05) is 31.2 Å². The average Bonchev–Trinajstić information content (AvgIpc) is 2.50. The molecule has 1 unspecified atom stereocenters. The predicted octanol–water partition coefficient (Wildman–Crippen LogP) is 0.984. The Balaban J connectivity index is 2.63. The van der Waals surface area contributed by atoms with Crippen molar-refractivity contribution in [1.82, 2.24) is 10.3 Å². The molecule has 20 heavy (non-hydrogen) atoms. The van der Waals surface area contributed by atoms with Crippen LogP contribution in [0.3, 0.4) is 0 Å². The normalized spacial score (nSPS) is 12.4. The first-order chi connectivity index (χ1) is 9.62. The maximum absolute atomic E-state index is 11.5. The van der Waals surface area contributed by atoms with Crippen molar-refractivity contribution in [3.05, 3.63) is 35.4 Å². The summed E-state index contributed by atoms with van der Waals surface area (Å²) in [4.78, 5) is 13.8. The molecule has 0 aliphatic carbocycles. The van der Waals surface area contributed by atoms with Gasteiger partial charge < -0.3 is 5.11 Å². The number of carbonyl (C=O) groups excluding carboxylic acids is 1. The lowest BCUT2D eigenvalue weighted by molar-refractivity contribution is -0.122. The molecule has 4 N–H and O–H groups in total. The number of amides is 1. The van der Waals surface area contributed by atoms with Gasteiger partial charge in [0.05, 0.1) is 5.92 Å². The molecule has 0 saturated heterocycles. The Labute approximate surface area is 120 Å². The fourth-order valence-electron chi connectivity index (χ4n) is 2.09. The number of benzene rings is 1. The van der Waals surface area contributed by atoms with Gasteiger partial charge in [0.25, 0.3) is 0 Å². The topological polar surface area (TPSA) is 78.6 Å². The van der Waals surface area contributed by atoms with Gasteiger partial charge in [0.15, 0.2) is 0 Å². The second kappa shape index (κ2) is 8.68. The smallest absolute Gasteiger partial charge is 0.241 e. The monoisotopic (exact) mass is 279 g/mol. The number of hydrogen-bond acceptors (Lipinski definition) is 4. The summed E-state index contributed by atoms with van der Waals surface area (Å²) in [6.07, 6.45) is 0.791. The van der Waals surface area contributed by atoms with E-state index in [9.17, 15) is 4.79 Å². The van der Waals surface area contributed by atoms with E-state index in [0.29, 0.717) is 0 Å². The number of nitrogens with zero attached hydrogens (tertiary/aromatic N) is 1. The molecule has 1 atom stereocenters. The zero-order valence-corrected chi connectivity index (χ0v) is 12.3. The first-order valence-corrected chi connectivity index (χ1v) is 7.04. The van der Waals surface area contributed by atoms with Crippen LogP contribution in [0.2, 0.25) is 0 Å². The van der Waals surface area contributed by atoms with Crippen LogP contribution in [0.25, 0.3) is 0 Å². The van der Waals surface area contributed by atoms with Gasteiger partial charge in [0.1, 0.15) is 0 Å². The highest BCUT2D eigenvalue weighted by atomic mass is 16.3. The first-order valence-electron chi connectivity index (χ1n) is 7.04. The molecule has 0 radical (unpaired) electrons. The van der Waals surface area contributed by atoms with E-state index in [1.165, 1.54) is 5.56 Å². The molecule has 0 aliphatic rings. The number of hydrogen-bond donors (Lipinski definition) is 3. The molecule has 112 valence electrons. The molecule has 0 spiro atoms. The van der Waals surface area contributed by atoms with Gasteiger partial charge in [-0.3, -0.25) is 15.1 Å². The van der Waals surface area contributed by atoms with Crippen LogP contribution in [0.5, 0.6) is 0 Å². The van der Waals surface area contributed by atoms with Crippen molar-refractivity contribution in [3.63, 3.8) is 0 Å². The molecule has 1 aromatic rings. The van der Waals surface area contributed by atoms with Crippen LogP contribution in [0, 0.1) is 0 Å². The number of aliphatic hydroxyl groups excluding tert-OH is 1. The van der Waals surface area contributed by atoms with Gasteiger partial charge in [0, 0.05) is 19.7 Å². The van der Waals surface area contributed by atoms with E-state index in [1.807, 2.05) is 31.2 Å². The van der Waals surface area contributed by atoms with Gasteiger partial charge in [-0.05, 0) is 31.0 Å². The quantitative estimate of drug-likeness (QED) is 0.376. The van der Waals surface area contributed by atoms with Crippen molar-refractivity contribution in [1.29, 1.82) is 0 Å². The Morgan fingerprint density at radius 2 is 2.05 bits per heavy atom. The number of rotatable bonds is 8. The molecule has 0 saturated carbocycles. The zero-order valence-electron chi connectivity index (χ0n) is 12.3. The second-order valence-corrected chi connectivity index (χ2v) is 4.92. The largest absolute Gasteiger partial charge is 0.396 e. The lowest BCUT2D eigenvalue weighted by atomic mass is 9.99. The lowest BCUT2D eigenvalue weighted by Gasteiger charge is -2.20. The Morgan fingerprint density at radius 3 is 2.55 bits per heavy atom. The number of nitrogens with two attached hydrogens (primary N) is 1. The summed E-state index contributed by atoms with van der Waals surface area (Å²) < 4.78 is 0. The third kappa shape index (κ3) is 4.92. The summed E-state index contributed by atoms with van der Waals surface area (Å²) >= 11 is 0. The maximum Gasteiger partial charge on any atom is 0.241 e. The fourth-order valence-corrected chi connectivity index (χ4v) is 2.09. The highest BCUT2D eigenvalue weighted by Gasteiger charge is 2.13. The maximum atomic E-state index is 11.5. The Kier molecular flexibility index (Phi) is 7.22. The van der Waals surface area contributed by atoms with E-state index < -0.39 is 0 Å². The molecule has 0 fully saturated rings. The van der Waals surface area contributed by atoms with E-state index >= 15 is 0 Å². The van der Waals surface area contributed by atoms with E-state index in [4.69, 9.17) is 10.9 Å². The highest BCUT2D eigenvalue weighted by molar-refractivity contribution is 5.82. The van der Waals surface area contributed by atoms with Gasteiger partial charge in [-0.2, -0.15) is 0 Å².